The van der Waals surface area contributed by atoms with Crippen LogP contribution in [0.1, 0.15) is 34.5 Å². The molecule has 0 amide bonds. The minimum Gasteiger partial charge on any atom is -0.490 e. The Kier molecular flexibility index (Phi) is 2.67. The lowest BCUT2D eigenvalue weighted by atomic mass is 10.0. The first kappa shape index (κ1) is 11.1. The largest absolute Gasteiger partial charge is 0.490 e. The number of ether oxygens (including phenoxy) is 1. The number of aryl methyl sites for hydroxylation is 1. The fourth-order valence-corrected chi connectivity index (χ4v) is 1.87. The molecule has 3 heteroatoms. The van der Waals surface area contributed by atoms with Gasteiger partial charge in [-0.2, -0.15) is 0 Å². The quantitative estimate of drug-likeness (QED) is 0.772. The number of carbonyl (C=O) groups is 1. The predicted molar refractivity (Wildman–Crippen MR) is 67.0 cm³/mol. The molecule has 1 saturated carbocycles. The van der Waals surface area contributed by atoms with Gasteiger partial charge in [-0.25, -0.2) is 0 Å². The highest BCUT2D eigenvalue weighted by Crippen LogP contribution is 2.27. The number of carbonyl (C=O) groups excluding carboxylic acids is 1. The number of ketones is 1. The summed E-state index contributed by atoms with van der Waals surface area (Å²) in [5, 5.41) is 0. The molecule has 18 heavy (non-hydrogen) atoms. The van der Waals surface area contributed by atoms with Gasteiger partial charge in [0.05, 0.1) is 17.9 Å². The molecule has 92 valence electrons. The van der Waals surface area contributed by atoms with Crippen LogP contribution in [-0.2, 0) is 0 Å². The molecule has 1 fully saturated rings. The monoisotopic (exact) mass is 242 g/mol. The van der Waals surface area contributed by atoms with E-state index in [1.165, 1.54) is 6.26 Å². The molecule has 1 heterocycles. The van der Waals surface area contributed by atoms with Crippen molar-refractivity contribution in [2.75, 3.05) is 0 Å². The van der Waals surface area contributed by atoms with Gasteiger partial charge in [0.2, 0.25) is 0 Å². The van der Waals surface area contributed by atoms with Gasteiger partial charge in [0.15, 0.2) is 5.78 Å². The van der Waals surface area contributed by atoms with Crippen molar-refractivity contribution >= 4 is 5.78 Å². The normalized spacial score (nSPS) is 14.5. The van der Waals surface area contributed by atoms with Crippen molar-refractivity contribution in [3.05, 3.63) is 53.5 Å². The van der Waals surface area contributed by atoms with E-state index in [0.29, 0.717) is 23.0 Å². The Morgan fingerprint density at radius 3 is 2.83 bits per heavy atom. The summed E-state index contributed by atoms with van der Waals surface area (Å²) in [6.45, 7) is 1.79. The fourth-order valence-electron chi connectivity index (χ4n) is 1.87. The summed E-state index contributed by atoms with van der Waals surface area (Å²) in [6.07, 6.45) is 4.09. The summed E-state index contributed by atoms with van der Waals surface area (Å²) < 4.78 is 10.8. The third kappa shape index (κ3) is 2.16. The molecular weight excluding hydrogens is 228 g/mol. The molecule has 0 radical (unpaired) electrons. The molecule has 0 saturated heterocycles. The molecular formula is C15H14O3. The van der Waals surface area contributed by atoms with Gasteiger partial charge in [-0.05, 0) is 38.0 Å². The highest BCUT2D eigenvalue weighted by atomic mass is 16.5. The van der Waals surface area contributed by atoms with Crippen LogP contribution in [0, 0.1) is 6.92 Å². The lowest BCUT2D eigenvalue weighted by Gasteiger charge is -2.06. The highest BCUT2D eigenvalue weighted by Gasteiger charge is 2.24. The van der Waals surface area contributed by atoms with Gasteiger partial charge in [-0.15, -0.1) is 0 Å². The molecule has 3 nitrogen and oxygen atoms in total. The summed E-state index contributed by atoms with van der Waals surface area (Å²) in [4.78, 5) is 12.3. The van der Waals surface area contributed by atoms with E-state index in [1.807, 2.05) is 12.1 Å². The maximum Gasteiger partial charge on any atom is 0.196 e. The van der Waals surface area contributed by atoms with Gasteiger partial charge in [-0.3, -0.25) is 4.79 Å². The molecule has 0 N–H and O–H groups in total. The van der Waals surface area contributed by atoms with E-state index in [0.717, 1.165) is 18.6 Å². The van der Waals surface area contributed by atoms with E-state index in [1.54, 1.807) is 25.1 Å². The number of hydrogen-bond acceptors (Lipinski definition) is 3. The van der Waals surface area contributed by atoms with E-state index in [4.69, 9.17) is 9.15 Å². The van der Waals surface area contributed by atoms with Crippen LogP contribution in [0.4, 0.5) is 0 Å². The Labute approximate surface area is 105 Å². The average molecular weight is 242 g/mol. The average Bonchev–Trinajstić information content (AvgIpc) is 3.08. The number of hydrogen-bond donors (Lipinski definition) is 0. The van der Waals surface area contributed by atoms with E-state index in [-0.39, 0.29) is 5.78 Å². The smallest absolute Gasteiger partial charge is 0.196 e. The molecule has 0 bridgehead atoms. The summed E-state index contributed by atoms with van der Waals surface area (Å²) in [5.74, 6) is 1.39. The molecule has 0 spiro atoms. The third-order valence-corrected chi connectivity index (χ3v) is 3.03. The van der Waals surface area contributed by atoms with E-state index in [9.17, 15) is 4.79 Å². The Balaban J connectivity index is 1.87. The third-order valence-electron chi connectivity index (χ3n) is 3.03. The lowest BCUT2D eigenvalue weighted by molar-refractivity contribution is 0.103. The van der Waals surface area contributed by atoms with Crippen molar-refractivity contribution < 1.29 is 13.9 Å². The maximum atomic E-state index is 12.3. The van der Waals surface area contributed by atoms with Crippen molar-refractivity contribution in [3.63, 3.8) is 0 Å². The van der Waals surface area contributed by atoms with Crippen molar-refractivity contribution in [1.29, 1.82) is 0 Å². The van der Waals surface area contributed by atoms with Crippen LogP contribution in [0.2, 0.25) is 0 Å². The molecule has 0 atom stereocenters. The summed E-state index contributed by atoms with van der Waals surface area (Å²) in [7, 11) is 0. The van der Waals surface area contributed by atoms with E-state index >= 15 is 0 Å². The van der Waals surface area contributed by atoms with Crippen LogP contribution in [0.3, 0.4) is 0 Å². The predicted octanol–water partition coefficient (Wildman–Crippen LogP) is 3.36. The first-order valence-electron chi connectivity index (χ1n) is 6.09. The van der Waals surface area contributed by atoms with Crippen molar-refractivity contribution in [3.8, 4) is 5.75 Å². The molecule has 0 aliphatic heterocycles. The van der Waals surface area contributed by atoms with Gasteiger partial charge < -0.3 is 9.15 Å². The second-order valence-electron chi connectivity index (χ2n) is 4.56. The molecule has 0 unspecified atom stereocenters. The van der Waals surface area contributed by atoms with Crippen molar-refractivity contribution in [1.82, 2.24) is 0 Å². The number of benzene rings is 1. The molecule has 1 aliphatic rings. The van der Waals surface area contributed by atoms with Crippen LogP contribution < -0.4 is 4.74 Å². The zero-order valence-electron chi connectivity index (χ0n) is 10.2. The Morgan fingerprint density at radius 2 is 2.17 bits per heavy atom. The second-order valence-corrected chi connectivity index (χ2v) is 4.56. The minimum absolute atomic E-state index is 0.0255. The van der Waals surface area contributed by atoms with Crippen molar-refractivity contribution in [2.24, 2.45) is 0 Å². The van der Waals surface area contributed by atoms with Gasteiger partial charge in [0.1, 0.15) is 11.5 Å². The zero-order chi connectivity index (χ0) is 12.5. The van der Waals surface area contributed by atoms with E-state index in [2.05, 4.69) is 0 Å². The zero-order valence-corrected chi connectivity index (χ0v) is 10.2. The second kappa shape index (κ2) is 4.33. The summed E-state index contributed by atoms with van der Waals surface area (Å²) in [6, 6.07) is 9.03. The minimum atomic E-state index is -0.0255. The van der Waals surface area contributed by atoms with Crippen LogP contribution in [-0.4, -0.2) is 11.9 Å². The van der Waals surface area contributed by atoms with E-state index < -0.39 is 0 Å². The SMILES string of the molecule is Cc1occc1C(=O)c1cccc(OC2CC2)c1. The topological polar surface area (TPSA) is 39.4 Å². The number of furan rings is 1. The summed E-state index contributed by atoms with van der Waals surface area (Å²) >= 11 is 0. The molecule has 1 aromatic heterocycles. The first-order chi connectivity index (χ1) is 8.74. The van der Waals surface area contributed by atoms with Crippen LogP contribution in [0.5, 0.6) is 5.75 Å². The maximum absolute atomic E-state index is 12.3. The Bertz CT molecular complexity index is 579. The van der Waals surface area contributed by atoms with Crippen molar-refractivity contribution in [2.45, 2.75) is 25.9 Å². The van der Waals surface area contributed by atoms with Gasteiger partial charge in [0, 0.05) is 5.56 Å². The fraction of sp³-hybridized carbons (Fsp3) is 0.267. The standard InChI is InChI=1S/C15H14O3/c1-10-14(7-8-17-10)15(16)11-3-2-4-13(9-11)18-12-5-6-12/h2-4,7-9,12H,5-6H2,1H3. The van der Waals surface area contributed by atoms with Gasteiger partial charge in [0.25, 0.3) is 0 Å². The van der Waals surface area contributed by atoms with Gasteiger partial charge >= 0.3 is 0 Å². The molecule has 3 rings (SSSR count). The Morgan fingerprint density at radius 1 is 1.33 bits per heavy atom. The summed E-state index contributed by atoms with van der Waals surface area (Å²) in [5.41, 5.74) is 1.25. The lowest BCUT2D eigenvalue weighted by Crippen LogP contribution is -2.03. The van der Waals surface area contributed by atoms with Crippen LogP contribution in [0.15, 0.2) is 41.0 Å². The highest BCUT2D eigenvalue weighted by molar-refractivity contribution is 6.09. The molecule has 1 aromatic carbocycles. The Hall–Kier alpha value is -2.03. The first-order valence-corrected chi connectivity index (χ1v) is 6.09. The molecule has 1 aliphatic carbocycles. The number of rotatable bonds is 4. The van der Waals surface area contributed by atoms with Crippen LogP contribution in [0.25, 0.3) is 0 Å². The van der Waals surface area contributed by atoms with Gasteiger partial charge in [-0.1, -0.05) is 12.1 Å². The van der Waals surface area contributed by atoms with Crippen LogP contribution >= 0.6 is 0 Å². The molecule has 2 aromatic rings.